The Morgan fingerprint density at radius 2 is 2.43 bits per heavy atom. The lowest BCUT2D eigenvalue weighted by atomic mass is 10.1. The van der Waals surface area contributed by atoms with E-state index in [9.17, 15) is 0 Å². The summed E-state index contributed by atoms with van der Waals surface area (Å²) in [5.41, 5.74) is 0. The van der Waals surface area contributed by atoms with Crippen LogP contribution in [0.25, 0.3) is 0 Å². The molecule has 0 fully saturated rings. The van der Waals surface area contributed by atoms with E-state index in [2.05, 4.69) is 29.7 Å². The molecule has 1 atom stereocenters. The van der Waals surface area contributed by atoms with Crippen molar-refractivity contribution in [3.63, 3.8) is 0 Å². The van der Waals surface area contributed by atoms with Crippen LogP contribution in [-0.2, 0) is 7.05 Å². The Morgan fingerprint density at radius 3 is 2.93 bits per heavy atom. The Morgan fingerprint density at radius 1 is 1.64 bits per heavy atom. The van der Waals surface area contributed by atoms with Gasteiger partial charge in [-0.3, -0.25) is 0 Å². The molecule has 0 aliphatic carbocycles. The van der Waals surface area contributed by atoms with Gasteiger partial charge in [0.1, 0.15) is 6.33 Å². The molecule has 0 aromatic carbocycles. The molecule has 0 aliphatic heterocycles. The molecule has 0 saturated carbocycles. The molecule has 1 aromatic heterocycles. The molecule has 3 nitrogen and oxygen atoms in total. The Labute approximate surface area is 95.1 Å². The summed E-state index contributed by atoms with van der Waals surface area (Å²) in [5.74, 6) is 2.73. The average molecular weight is 231 g/mol. The van der Waals surface area contributed by atoms with Crippen LogP contribution in [0, 0.1) is 5.92 Å². The summed E-state index contributed by atoms with van der Waals surface area (Å²) in [7, 11) is 1.97. The van der Waals surface area contributed by atoms with Crippen molar-refractivity contribution in [1.82, 2.24) is 14.8 Å². The Balaban J connectivity index is 2.35. The van der Waals surface area contributed by atoms with E-state index in [0.29, 0.717) is 5.92 Å². The molecule has 0 bridgehead atoms. The molecule has 5 heteroatoms. The third-order valence-corrected chi connectivity index (χ3v) is 3.86. The van der Waals surface area contributed by atoms with Crippen LogP contribution >= 0.6 is 24.4 Å². The fourth-order valence-electron chi connectivity index (χ4n) is 1.23. The monoisotopic (exact) mass is 231 g/mol. The van der Waals surface area contributed by atoms with E-state index < -0.39 is 0 Å². The number of hydrogen-bond donors (Lipinski definition) is 1. The molecule has 0 N–H and O–H groups in total. The lowest BCUT2D eigenvalue weighted by molar-refractivity contribution is 0.594. The molecule has 1 aromatic rings. The van der Waals surface area contributed by atoms with Gasteiger partial charge >= 0.3 is 0 Å². The van der Waals surface area contributed by atoms with Crippen LogP contribution in [0.1, 0.15) is 19.8 Å². The first-order chi connectivity index (χ1) is 6.77. The van der Waals surface area contributed by atoms with Gasteiger partial charge < -0.3 is 4.57 Å². The number of nitrogens with zero attached hydrogens (tertiary/aromatic N) is 3. The van der Waals surface area contributed by atoms with Gasteiger partial charge in [0.2, 0.25) is 0 Å². The third-order valence-electron chi connectivity index (χ3n) is 2.07. The van der Waals surface area contributed by atoms with Crippen molar-refractivity contribution in [3.05, 3.63) is 6.33 Å². The van der Waals surface area contributed by atoms with Gasteiger partial charge in [-0.2, -0.15) is 12.6 Å². The largest absolute Gasteiger partial charge is 0.312 e. The molecular weight excluding hydrogens is 214 g/mol. The normalized spacial score (nSPS) is 13.1. The highest BCUT2D eigenvalue weighted by molar-refractivity contribution is 7.99. The standard InChI is InChI=1S/C9H17N3S2/c1-3-4-8(5-13)6-14-9-11-10-7-12(9)2/h7-8,13H,3-6H2,1-2H3. The Kier molecular flexibility index (Phi) is 5.40. The van der Waals surface area contributed by atoms with Crippen molar-refractivity contribution in [1.29, 1.82) is 0 Å². The fourth-order valence-corrected chi connectivity index (χ4v) is 2.74. The maximum Gasteiger partial charge on any atom is 0.190 e. The molecule has 1 rings (SSSR count). The fraction of sp³-hybridized carbons (Fsp3) is 0.778. The van der Waals surface area contributed by atoms with Crippen LogP contribution in [0.15, 0.2) is 11.5 Å². The van der Waals surface area contributed by atoms with Crippen molar-refractivity contribution in [2.45, 2.75) is 24.9 Å². The summed E-state index contributed by atoms with van der Waals surface area (Å²) in [6.45, 7) is 2.21. The van der Waals surface area contributed by atoms with Crippen LogP contribution in [0.3, 0.4) is 0 Å². The molecule has 1 heterocycles. The molecular formula is C9H17N3S2. The zero-order chi connectivity index (χ0) is 10.4. The zero-order valence-corrected chi connectivity index (χ0v) is 10.4. The number of thioether (sulfide) groups is 1. The molecule has 0 radical (unpaired) electrons. The maximum atomic E-state index is 4.35. The molecule has 1 unspecified atom stereocenters. The number of thiol groups is 1. The molecule has 0 spiro atoms. The van der Waals surface area contributed by atoms with Gasteiger partial charge in [-0.15, -0.1) is 10.2 Å². The van der Waals surface area contributed by atoms with Crippen molar-refractivity contribution in [3.8, 4) is 0 Å². The molecule has 80 valence electrons. The summed E-state index contributed by atoms with van der Waals surface area (Å²) in [6.07, 6.45) is 4.21. The van der Waals surface area contributed by atoms with Gasteiger partial charge in [-0.25, -0.2) is 0 Å². The van der Waals surface area contributed by atoms with Crippen LogP contribution in [0.5, 0.6) is 0 Å². The molecule has 0 aliphatic rings. The minimum Gasteiger partial charge on any atom is -0.312 e. The van der Waals surface area contributed by atoms with Gasteiger partial charge in [0.25, 0.3) is 0 Å². The van der Waals surface area contributed by atoms with E-state index in [4.69, 9.17) is 0 Å². The second-order valence-corrected chi connectivity index (χ2v) is 4.73. The summed E-state index contributed by atoms with van der Waals surface area (Å²) in [4.78, 5) is 0. The van der Waals surface area contributed by atoms with Crippen LogP contribution in [0.2, 0.25) is 0 Å². The first-order valence-electron chi connectivity index (χ1n) is 4.85. The minimum atomic E-state index is 0.685. The number of rotatable bonds is 6. The SMILES string of the molecule is CCCC(CS)CSc1nncn1C. The predicted molar refractivity (Wildman–Crippen MR) is 64.0 cm³/mol. The van der Waals surface area contributed by atoms with Crippen LogP contribution in [-0.4, -0.2) is 26.3 Å². The lowest BCUT2D eigenvalue weighted by Gasteiger charge is -2.11. The van der Waals surface area contributed by atoms with E-state index in [1.807, 2.05) is 11.6 Å². The van der Waals surface area contributed by atoms with E-state index in [1.165, 1.54) is 12.8 Å². The Bertz CT molecular complexity index is 262. The molecule has 14 heavy (non-hydrogen) atoms. The zero-order valence-electron chi connectivity index (χ0n) is 8.68. The second kappa shape index (κ2) is 6.35. The Hall–Kier alpha value is -0.160. The number of aryl methyl sites for hydroxylation is 1. The summed E-state index contributed by atoms with van der Waals surface area (Å²) >= 11 is 6.12. The summed E-state index contributed by atoms with van der Waals surface area (Å²) in [6, 6.07) is 0. The molecule has 0 saturated heterocycles. The predicted octanol–water partition coefficient (Wildman–Crippen LogP) is 2.25. The van der Waals surface area contributed by atoms with Gasteiger partial charge in [-0.05, 0) is 18.1 Å². The quantitative estimate of drug-likeness (QED) is 0.602. The smallest absolute Gasteiger partial charge is 0.190 e. The third kappa shape index (κ3) is 3.53. The highest BCUT2D eigenvalue weighted by Crippen LogP contribution is 2.20. The van der Waals surface area contributed by atoms with Crippen molar-refractivity contribution in [2.75, 3.05) is 11.5 Å². The number of hydrogen-bond acceptors (Lipinski definition) is 4. The van der Waals surface area contributed by atoms with Gasteiger partial charge in [0.05, 0.1) is 0 Å². The van der Waals surface area contributed by atoms with Gasteiger partial charge in [0.15, 0.2) is 5.16 Å². The van der Waals surface area contributed by atoms with Crippen molar-refractivity contribution >= 4 is 24.4 Å². The van der Waals surface area contributed by atoms with Crippen LogP contribution < -0.4 is 0 Å². The van der Waals surface area contributed by atoms with E-state index in [-0.39, 0.29) is 0 Å². The highest BCUT2D eigenvalue weighted by atomic mass is 32.2. The van der Waals surface area contributed by atoms with Crippen molar-refractivity contribution < 1.29 is 0 Å². The molecule has 0 amide bonds. The first-order valence-corrected chi connectivity index (χ1v) is 6.47. The van der Waals surface area contributed by atoms with E-state index in [0.717, 1.165) is 16.7 Å². The lowest BCUT2D eigenvalue weighted by Crippen LogP contribution is -2.06. The van der Waals surface area contributed by atoms with Gasteiger partial charge in [0, 0.05) is 12.8 Å². The summed E-state index contributed by atoms with van der Waals surface area (Å²) < 4.78 is 1.95. The van der Waals surface area contributed by atoms with Crippen molar-refractivity contribution in [2.24, 2.45) is 13.0 Å². The second-order valence-electron chi connectivity index (χ2n) is 3.37. The van der Waals surface area contributed by atoms with E-state index >= 15 is 0 Å². The summed E-state index contributed by atoms with van der Waals surface area (Å²) in [5, 5.41) is 8.87. The van der Waals surface area contributed by atoms with Crippen LogP contribution in [0.4, 0.5) is 0 Å². The maximum absolute atomic E-state index is 4.35. The first kappa shape index (κ1) is 11.9. The minimum absolute atomic E-state index is 0.685. The topological polar surface area (TPSA) is 30.7 Å². The van der Waals surface area contributed by atoms with E-state index in [1.54, 1.807) is 18.1 Å². The average Bonchev–Trinajstić information content (AvgIpc) is 2.59. The number of aromatic nitrogens is 3. The highest BCUT2D eigenvalue weighted by Gasteiger charge is 2.08. The van der Waals surface area contributed by atoms with Gasteiger partial charge in [-0.1, -0.05) is 25.1 Å².